The number of piperidine rings is 1. The van der Waals surface area contributed by atoms with Gasteiger partial charge in [0.25, 0.3) is 0 Å². The Labute approximate surface area is 131 Å². The molecule has 0 aliphatic carbocycles. The zero-order valence-electron chi connectivity index (χ0n) is 11.4. The average molecular weight is 339 g/mol. The molecule has 1 heterocycles. The molecule has 1 unspecified atom stereocenters. The fraction of sp³-hybridized carbons (Fsp3) is 0.538. The summed E-state index contributed by atoms with van der Waals surface area (Å²) >= 11 is 6.07. The highest BCUT2D eigenvalue weighted by Crippen LogP contribution is 2.28. The summed E-state index contributed by atoms with van der Waals surface area (Å²) < 4.78 is 26.7. The van der Waals surface area contributed by atoms with Crippen molar-refractivity contribution in [1.29, 1.82) is 0 Å². The molecular formula is C13H20Cl2N2O2S. The van der Waals surface area contributed by atoms with E-state index >= 15 is 0 Å². The molecule has 1 aliphatic rings. The molecule has 1 saturated heterocycles. The van der Waals surface area contributed by atoms with Gasteiger partial charge in [-0.15, -0.1) is 12.4 Å². The van der Waals surface area contributed by atoms with Crippen molar-refractivity contribution in [1.82, 2.24) is 4.31 Å². The summed E-state index contributed by atoms with van der Waals surface area (Å²) in [6.07, 6.45) is 1.84. The number of hydrogen-bond acceptors (Lipinski definition) is 3. The minimum atomic E-state index is -3.51. The molecule has 4 nitrogen and oxygen atoms in total. The monoisotopic (exact) mass is 338 g/mol. The molecule has 1 atom stereocenters. The second kappa shape index (κ2) is 7.09. The third-order valence-corrected chi connectivity index (χ3v) is 5.87. The van der Waals surface area contributed by atoms with E-state index in [2.05, 4.69) is 0 Å². The van der Waals surface area contributed by atoms with Crippen molar-refractivity contribution in [2.75, 3.05) is 19.6 Å². The van der Waals surface area contributed by atoms with Crippen LogP contribution < -0.4 is 5.73 Å². The quantitative estimate of drug-likeness (QED) is 0.920. The Balaban J connectivity index is 0.00000200. The first-order valence-electron chi connectivity index (χ1n) is 6.41. The smallest absolute Gasteiger partial charge is 0.244 e. The molecule has 1 aromatic rings. The molecule has 1 aliphatic heterocycles. The Morgan fingerprint density at radius 2 is 2.15 bits per heavy atom. The molecule has 2 N–H and O–H groups in total. The summed E-state index contributed by atoms with van der Waals surface area (Å²) in [5.41, 5.74) is 6.60. The first-order chi connectivity index (χ1) is 8.95. The predicted molar refractivity (Wildman–Crippen MR) is 84.0 cm³/mol. The van der Waals surface area contributed by atoms with Gasteiger partial charge in [-0.3, -0.25) is 0 Å². The third kappa shape index (κ3) is 3.65. The maximum absolute atomic E-state index is 12.6. The second-order valence-corrected chi connectivity index (χ2v) is 7.35. The second-order valence-electron chi connectivity index (χ2n) is 5.04. The van der Waals surface area contributed by atoms with Crippen LogP contribution in [0.25, 0.3) is 0 Å². The molecule has 0 amide bonds. The van der Waals surface area contributed by atoms with Crippen LogP contribution in [-0.4, -0.2) is 32.4 Å². The van der Waals surface area contributed by atoms with Gasteiger partial charge in [-0.05, 0) is 49.9 Å². The largest absolute Gasteiger partial charge is 0.330 e. The fourth-order valence-corrected chi connectivity index (χ4v) is 4.52. The summed E-state index contributed by atoms with van der Waals surface area (Å²) in [6.45, 7) is 3.44. The van der Waals surface area contributed by atoms with Gasteiger partial charge in [0.1, 0.15) is 4.90 Å². The normalized spacial score (nSPS) is 20.4. The van der Waals surface area contributed by atoms with Crippen molar-refractivity contribution >= 4 is 34.0 Å². The van der Waals surface area contributed by atoms with Crippen LogP contribution in [0.3, 0.4) is 0 Å². The highest BCUT2D eigenvalue weighted by molar-refractivity contribution is 7.89. The average Bonchev–Trinajstić information content (AvgIpc) is 2.38. The van der Waals surface area contributed by atoms with E-state index in [0.29, 0.717) is 19.6 Å². The number of nitrogens with zero attached hydrogens (tertiary/aromatic N) is 1. The third-order valence-electron chi connectivity index (χ3n) is 3.52. The van der Waals surface area contributed by atoms with Gasteiger partial charge in [0.05, 0.1) is 5.02 Å². The van der Waals surface area contributed by atoms with Gasteiger partial charge in [0.2, 0.25) is 10.0 Å². The maximum atomic E-state index is 12.6. The molecule has 0 aromatic heterocycles. The Morgan fingerprint density at radius 1 is 1.45 bits per heavy atom. The van der Waals surface area contributed by atoms with E-state index < -0.39 is 10.0 Å². The maximum Gasteiger partial charge on any atom is 0.244 e. The zero-order chi connectivity index (χ0) is 14.0. The summed E-state index contributed by atoms with van der Waals surface area (Å²) in [7, 11) is -3.51. The SMILES string of the molecule is Cc1ccc(S(=O)(=O)N2CCCC(CN)C2)c(Cl)c1.Cl. The molecule has 1 fully saturated rings. The van der Waals surface area contributed by atoms with Crippen LogP contribution in [-0.2, 0) is 10.0 Å². The van der Waals surface area contributed by atoms with Crippen molar-refractivity contribution < 1.29 is 8.42 Å². The molecule has 0 spiro atoms. The number of hydrogen-bond donors (Lipinski definition) is 1. The van der Waals surface area contributed by atoms with Gasteiger partial charge in [-0.1, -0.05) is 17.7 Å². The van der Waals surface area contributed by atoms with Gasteiger partial charge >= 0.3 is 0 Å². The molecule has 2 rings (SSSR count). The lowest BCUT2D eigenvalue weighted by atomic mass is 10.0. The number of halogens is 2. The van der Waals surface area contributed by atoms with E-state index in [1.807, 2.05) is 6.92 Å². The number of benzene rings is 1. The standard InChI is InChI=1S/C13H19ClN2O2S.ClH/c1-10-4-5-13(12(14)7-10)19(17,18)16-6-2-3-11(8-15)9-16;/h4-5,7,11H,2-3,6,8-9,15H2,1H3;1H. The highest BCUT2D eigenvalue weighted by atomic mass is 35.5. The molecule has 20 heavy (non-hydrogen) atoms. The molecule has 7 heteroatoms. The van der Waals surface area contributed by atoms with Gasteiger partial charge in [0.15, 0.2) is 0 Å². The summed E-state index contributed by atoms with van der Waals surface area (Å²) in [6, 6.07) is 5.03. The molecule has 0 bridgehead atoms. The first kappa shape index (κ1) is 17.7. The van der Waals surface area contributed by atoms with Crippen LogP contribution in [0, 0.1) is 12.8 Å². The van der Waals surface area contributed by atoms with Crippen molar-refractivity contribution in [2.24, 2.45) is 11.7 Å². The number of aryl methyl sites for hydroxylation is 1. The molecule has 0 saturated carbocycles. The molecule has 1 aromatic carbocycles. The number of sulfonamides is 1. The summed E-state index contributed by atoms with van der Waals surface area (Å²) in [5, 5.41) is 0.287. The Hall–Kier alpha value is -0.330. The lowest BCUT2D eigenvalue weighted by Crippen LogP contribution is -2.42. The van der Waals surface area contributed by atoms with Gasteiger partial charge in [-0.2, -0.15) is 4.31 Å². The van der Waals surface area contributed by atoms with E-state index in [1.165, 1.54) is 4.31 Å². The first-order valence-corrected chi connectivity index (χ1v) is 8.23. The van der Waals surface area contributed by atoms with Crippen LogP contribution >= 0.6 is 24.0 Å². The van der Waals surface area contributed by atoms with Gasteiger partial charge < -0.3 is 5.73 Å². The minimum absolute atomic E-state index is 0. The van der Waals surface area contributed by atoms with Crippen molar-refractivity contribution in [3.63, 3.8) is 0 Å². The highest BCUT2D eigenvalue weighted by Gasteiger charge is 2.31. The Kier molecular flexibility index (Phi) is 6.28. The topological polar surface area (TPSA) is 63.4 Å². The molecular weight excluding hydrogens is 319 g/mol. The van der Waals surface area contributed by atoms with E-state index in [1.54, 1.807) is 18.2 Å². The van der Waals surface area contributed by atoms with Crippen LogP contribution in [0.15, 0.2) is 23.1 Å². The van der Waals surface area contributed by atoms with Crippen molar-refractivity contribution in [3.8, 4) is 0 Å². The Morgan fingerprint density at radius 3 is 2.75 bits per heavy atom. The summed E-state index contributed by atoms with van der Waals surface area (Å²) in [4.78, 5) is 0.192. The molecule has 114 valence electrons. The molecule has 0 radical (unpaired) electrons. The van der Waals surface area contributed by atoms with E-state index in [9.17, 15) is 8.42 Å². The van der Waals surface area contributed by atoms with Crippen molar-refractivity contribution in [2.45, 2.75) is 24.7 Å². The van der Waals surface area contributed by atoms with Crippen LogP contribution in [0.5, 0.6) is 0 Å². The number of rotatable bonds is 3. The van der Waals surface area contributed by atoms with Gasteiger partial charge in [-0.25, -0.2) is 8.42 Å². The van der Waals surface area contributed by atoms with Gasteiger partial charge in [0, 0.05) is 13.1 Å². The van der Waals surface area contributed by atoms with Crippen LogP contribution in [0.2, 0.25) is 5.02 Å². The van der Waals surface area contributed by atoms with Crippen LogP contribution in [0.1, 0.15) is 18.4 Å². The van der Waals surface area contributed by atoms with Crippen LogP contribution in [0.4, 0.5) is 0 Å². The van der Waals surface area contributed by atoms with E-state index in [0.717, 1.165) is 18.4 Å². The Bertz CT molecular complexity index is 563. The fourth-order valence-electron chi connectivity index (χ4n) is 2.39. The zero-order valence-corrected chi connectivity index (χ0v) is 13.8. The van der Waals surface area contributed by atoms with Crippen molar-refractivity contribution in [3.05, 3.63) is 28.8 Å². The summed E-state index contributed by atoms with van der Waals surface area (Å²) in [5.74, 6) is 0.243. The predicted octanol–water partition coefficient (Wildman–Crippen LogP) is 2.43. The van der Waals surface area contributed by atoms with E-state index in [-0.39, 0.29) is 28.2 Å². The lowest BCUT2D eigenvalue weighted by molar-refractivity contribution is 0.271. The minimum Gasteiger partial charge on any atom is -0.330 e. The van der Waals surface area contributed by atoms with E-state index in [4.69, 9.17) is 17.3 Å². The number of nitrogens with two attached hydrogens (primary N) is 1. The lowest BCUT2D eigenvalue weighted by Gasteiger charge is -2.31.